The van der Waals surface area contributed by atoms with Gasteiger partial charge in [-0.15, -0.1) is 0 Å². The van der Waals surface area contributed by atoms with Gasteiger partial charge in [0, 0.05) is 35.4 Å². The van der Waals surface area contributed by atoms with Crippen LogP contribution in [-0.4, -0.2) is 25.0 Å². The molecule has 1 amide bonds. The highest BCUT2D eigenvalue weighted by Gasteiger charge is 2.21. The number of hydrogen-bond acceptors (Lipinski definition) is 2. The monoisotopic (exact) mass is 314 g/mol. The average Bonchev–Trinajstić information content (AvgIpc) is 2.56. The van der Waals surface area contributed by atoms with E-state index in [1.165, 1.54) is 5.69 Å². The highest BCUT2D eigenvalue weighted by molar-refractivity contribution is 6.30. The summed E-state index contributed by atoms with van der Waals surface area (Å²) in [4.78, 5) is 14.6. The minimum absolute atomic E-state index is 0.0309. The molecule has 0 aliphatic carbocycles. The Labute approximate surface area is 135 Å². The molecule has 1 aliphatic heterocycles. The zero-order valence-corrected chi connectivity index (χ0v) is 13.1. The van der Waals surface area contributed by atoms with Crippen molar-refractivity contribution >= 4 is 23.2 Å². The Morgan fingerprint density at radius 3 is 2.55 bits per heavy atom. The topological polar surface area (TPSA) is 32.3 Å². The largest absolute Gasteiger partial charge is 0.369 e. The molecule has 1 heterocycles. The summed E-state index contributed by atoms with van der Waals surface area (Å²) in [6.45, 7) is 1.89. The van der Waals surface area contributed by atoms with Crippen molar-refractivity contribution in [2.45, 2.75) is 18.9 Å². The molecule has 114 valence electrons. The molecule has 0 unspecified atom stereocenters. The highest BCUT2D eigenvalue weighted by Crippen LogP contribution is 2.19. The first-order valence-electron chi connectivity index (χ1n) is 7.59. The zero-order chi connectivity index (χ0) is 15.4. The number of carbonyl (C=O) groups is 1. The molecule has 0 bridgehead atoms. The van der Waals surface area contributed by atoms with Crippen LogP contribution in [0.3, 0.4) is 0 Å². The van der Waals surface area contributed by atoms with Crippen molar-refractivity contribution in [3.63, 3.8) is 0 Å². The second kappa shape index (κ2) is 6.84. The summed E-state index contributed by atoms with van der Waals surface area (Å²) in [5, 5.41) is 3.77. The molecule has 0 radical (unpaired) electrons. The van der Waals surface area contributed by atoms with E-state index in [0.717, 1.165) is 25.9 Å². The Morgan fingerprint density at radius 1 is 1.09 bits per heavy atom. The molecule has 1 atom stereocenters. The Morgan fingerprint density at radius 2 is 1.82 bits per heavy atom. The lowest BCUT2D eigenvalue weighted by Gasteiger charge is -2.34. The van der Waals surface area contributed by atoms with Gasteiger partial charge in [-0.1, -0.05) is 29.8 Å². The van der Waals surface area contributed by atoms with Crippen LogP contribution < -0.4 is 10.2 Å². The molecule has 0 saturated carbocycles. The van der Waals surface area contributed by atoms with E-state index in [2.05, 4.69) is 22.3 Å². The fraction of sp³-hybridized carbons (Fsp3) is 0.278. The van der Waals surface area contributed by atoms with Crippen LogP contribution in [-0.2, 0) is 0 Å². The molecule has 2 aromatic carbocycles. The molecule has 4 heteroatoms. The minimum Gasteiger partial charge on any atom is -0.369 e. The Kier molecular flexibility index (Phi) is 4.64. The van der Waals surface area contributed by atoms with E-state index in [4.69, 9.17) is 11.6 Å². The molecule has 0 aromatic heterocycles. The number of nitrogens with zero attached hydrogens (tertiary/aromatic N) is 1. The van der Waals surface area contributed by atoms with E-state index < -0.39 is 0 Å². The van der Waals surface area contributed by atoms with Crippen LogP contribution in [0.25, 0.3) is 0 Å². The first-order valence-corrected chi connectivity index (χ1v) is 7.96. The van der Waals surface area contributed by atoms with Gasteiger partial charge in [0.1, 0.15) is 0 Å². The quantitative estimate of drug-likeness (QED) is 0.936. The molecule has 2 aromatic rings. The van der Waals surface area contributed by atoms with Crippen molar-refractivity contribution in [1.82, 2.24) is 5.32 Å². The summed E-state index contributed by atoms with van der Waals surface area (Å²) in [6.07, 6.45) is 2.10. The molecule has 0 spiro atoms. The molecule has 1 saturated heterocycles. The van der Waals surface area contributed by atoms with Gasteiger partial charge in [-0.3, -0.25) is 4.79 Å². The van der Waals surface area contributed by atoms with E-state index in [9.17, 15) is 4.79 Å². The number of benzene rings is 2. The number of nitrogens with one attached hydrogen (secondary N) is 1. The number of rotatable bonds is 3. The molecule has 1 aliphatic rings. The van der Waals surface area contributed by atoms with Gasteiger partial charge < -0.3 is 10.2 Å². The van der Waals surface area contributed by atoms with Crippen molar-refractivity contribution in [2.24, 2.45) is 0 Å². The number of amides is 1. The second-order valence-electron chi connectivity index (χ2n) is 5.60. The van der Waals surface area contributed by atoms with Gasteiger partial charge >= 0.3 is 0 Å². The van der Waals surface area contributed by atoms with Gasteiger partial charge in [0.25, 0.3) is 5.91 Å². The normalized spacial score (nSPS) is 18.0. The fourth-order valence-corrected chi connectivity index (χ4v) is 2.96. The maximum Gasteiger partial charge on any atom is 0.251 e. The molecule has 1 fully saturated rings. The van der Waals surface area contributed by atoms with Crippen LogP contribution in [0, 0.1) is 0 Å². The zero-order valence-electron chi connectivity index (χ0n) is 12.3. The Bertz CT molecular complexity index is 627. The third-order valence-corrected chi connectivity index (χ3v) is 4.24. The summed E-state index contributed by atoms with van der Waals surface area (Å²) in [6, 6.07) is 17.5. The summed E-state index contributed by atoms with van der Waals surface area (Å²) in [5.74, 6) is -0.0309. The van der Waals surface area contributed by atoms with Gasteiger partial charge in [-0.2, -0.15) is 0 Å². The van der Waals surface area contributed by atoms with E-state index in [0.29, 0.717) is 10.6 Å². The van der Waals surface area contributed by atoms with E-state index in [1.54, 1.807) is 24.3 Å². The number of halogens is 1. The second-order valence-corrected chi connectivity index (χ2v) is 6.04. The lowest BCUT2D eigenvalue weighted by Crippen LogP contribution is -2.47. The van der Waals surface area contributed by atoms with Crippen LogP contribution >= 0.6 is 11.6 Å². The predicted octanol–water partition coefficient (Wildman–Crippen LogP) is 3.74. The lowest BCUT2D eigenvalue weighted by molar-refractivity contribution is 0.0933. The van der Waals surface area contributed by atoms with Crippen molar-refractivity contribution in [3.8, 4) is 0 Å². The molecule has 3 rings (SSSR count). The Balaban J connectivity index is 1.63. The van der Waals surface area contributed by atoms with Gasteiger partial charge in [0.15, 0.2) is 0 Å². The standard InChI is InChI=1S/C18H19ClN2O/c19-15-10-8-14(9-11-15)18(22)20-16-5-4-12-21(13-16)17-6-2-1-3-7-17/h1-3,6-11,16H,4-5,12-13H2,(H,20,22)/t16-/m1/s1. The van der Waals surface area contributed by atoms with Crippen LogP contribution in [0.5, 0.6) is 0 Å². The number of hydrogen-bond donors (Lipinski definition) is 1. The minimum atomic E-state index is -0.0309. The van der Waals surface area contributed by atoms with Gasteiger partial charge in [-0.25, -0.2) is 0 Å². The molecular formula is C18H19ClN2O. The third-order valence-electron chi connectivity index (χ3n) is 3.98. The van der Waals surface area contributed by atoms with Gasteiger partial charge in [0.2, 0.25) is 0 Å². The number of para-hydroxylation sites is 1. The summed E-state index contributed by atoms with van der Waals surface area (Å²) >= 11 is 5.86. The fourth-order valence-electron chi connectivity index (χ4n) is 2.84. The third kappa shape index (κ3) is 3.60. The van der Waals surface area contributed by atoms with Crippen LogP contribution in [0.1, 0.15) is 23.2 Å². The molecular weight excluding hydrogens is 296 g/mol. The average molecular weight is 315 g/mol. The lowest BCUT2D eigenvalue weighted by atomic mass is 10.0. The predicted molar refractivity (Wildman–Crippen MR) is 90.6 cm³/mol. The Hall–Kier alpha value is -2.00. The maximum absolute atomic E-state index is 12.3. The number of carbonyl (C=O) groups excluding carboxylic acids is 1. The van der Waals surface area contributed by atoms with Gasteiger partial charge in [0.05, 0.1) is 0 Å². The molecule has 1 N–H and O–H groups in total. The first kappa shape index (κ1) is 14.9. The summed E-state index contributed by atoms with van der Waals surface area (Å²) < 4.78 is 0. The molecule has 3 nitrogen and oxygen atoms in total. The van der Waals surface area contributed by atoms with Crippen LogP contribution in [0.4, 0.5) is 5.69 Å². The van der Waals surface area contributed by atoms with E-state index in [1.807, 2.05) is 18.2 Å². The van der Waals surface area contributed by atoms with Crippen LogP contribution in [0.2, 0.25) is 5.02 Å². The maximum atomic E-state index is 12.3. The van der Waals surface area contributed by atoms with Crippen molar-refractivity contribution < 1.29 is 4.79 Å². The number of piperidine rings is 1. The molecule has 22 heavy (non-hydrogen) atoms. The number of anilines is 1. The summed E-state index contributed by atoms with van der Waals surface area (Å²) in [5.41, 5.74) is 1.87. The van der Waals surface area contributed by atoms with Gasteiger partial charge in [-0.05, 0) is 49.2 Å². The van der Waals surface area contributed by atoms with E-state index in [-0.39, 0.29) is 11.9 Å². The van der Waals surface area contributed by atoms with E-state index >= 15 is 0 Å². The SMILES string of the molecule is O=C(N[C@@H]1CCCN(c2ccccc2)C1)c1ccc(Cl)cc1. The first-order chi connectivity index (χ1) is 10.7. The highest BCUT2D eigenvalue weighted by atomic mass is 35.5. The van der Waals surface area contributed by atoms with Crippen molar-refractivity contribution in [1.29, 1.82) is 0 Å². The van der Waals surface area contributed by atoms with Crippen LogP contribution in [0.15, 0.2) is 54.6 Å². The van der Waals surface area contributed by atoms with Crippen molar-refractivity contribution in [2.75, 3.05) is 18.0 Å². The summed E-state index contributed by atoms with van der Waals surface area (Å²) in [7, 11) is 0. The smallest absolute Gasteiger partial charge is 0.251 e. The van der Waals surface area contributed by atoms with Crippen molar-refractivity contribution in [3.05, 3.63) is 65.2 Å².